The van der Waals surface area contributed by atoms with Gasteiger partial charge in [-0.1, -0.05) is 108 Å². The fourth-order valence-corrected chi connectivity index (χ4v) is 5.58. The van der Waals surface area contributed by atoms with Crippen LogP contribution in [0.1, 0.15) is 34.1 Å². The second-order valence-electron chi connectivity index (χ2n) is 10.9. The molecule has 0 fully saturated rings. The number of nitrogens with zero attached hydrogens (tertiary/aromatic N) is 4. The van der Waals surface area contributed by atoms with Gasteiger partial charge >= 0.3 is 0 Å². The molecule has 0 bridgehead atoms. The summed E-state index contributed by atoms with van der Waals surface area (Å²) in [6.45, 7) is 4.13. The number of benzene rings is 4. The summed E-state index contributed by atoms with van der Waals surface area (Å²) in [7, 11) is 0. The molecule has 0 spiro atoms. The molecule has 204 valence electrons. The van der Waals surface area contributed by atoms with Gasteiger partial charge < -0.3 is 11.5 Å². The molecular formula is C36H30N6. The van der Waals surface area contributed by atoms with Crippen molar-refractivity contribution in [3.05, 3.63) is 131 Å². The lowest BCUT2D eigenvalue weighted by molar-refractivity contribution is 0.643. The number of nitrogens with two attached hydrogens (primary N) is 2. The predicted octanol–water partition coefficient (Wildman–Crippen LogP) is 6.92. The van der Waals surface area contributed by atoms with Gasteiger partial charge in [-0.05, 0) is 31.6 Å². The molecule has 6 heteroatoms. The van der Waals surface area contributed by atoms with E-state index in [0.717, 1.165) is 50.0 Å². The van der Waals surface area contributed by atoms with Crippen LogP contribution in [-0.4, -0.2) is 26.0 Å². The van der Waals surface area contributed by atoms with Gasteiger partial charge in [0.1, 0.15) is 0 Å². The van der Waals surface area contributed by atoms with Gasteiger partial charge in [0.25, 0.3) is 0 Å². The van der Waals surface area contributed by atoms with Crippen molar-refractivity contribution in [3.63, 3.8) is 0 Å². The Kier molecular flexibility index (Phi) is 6.42. The smallest absolute Gasteiger partial charge is 0.164 e. The Hall–Kier alpha value is -5.04. The molecule has 0 amide bonds. The molecule has 1 aliphatic rings. The van der Waals surface area contributed by atoms with Crippen LogP contribution in [0.5, 0.6) is 0 Å². The van der Waals surface area contributed by atoms with E-state index < -0.39 is 12.1 Å². The second-order valence-corrected chi connectivity index (χ2v) is 10.9. The quantitative estimate of drug-likeness (QED) is 0.249. The average molecular weight is 547 g/mol. The summed E-state index contributed by atoms with van der Waals surface area (Å²) in [5.41, 5.74) is 23.5. The van der Waals surface area contributed by atoms with Gasteiger partial charge in [0.2, 0.25) is 0 Å². The van der Waals surface area contributed by atoms with Crippen LogP contribution < -0.4 is 11.5 Å². The maximum absolute atomic E-state index is 7.00. The lowest BCUT2D eigenvalue weighted by atomic mass is 9.81. The standard InChI is InChI=1S/C36H30N6/c1-21-12-16-24(17-13-21)34-40-35(25-18-14-22(2)15-19-25)42-36(41-34)28-20-27-30(32(38)31(28)37)26-10-6-7-11-29(26)39-33(27)23-8-4-3-5-9-23/h3-20,31-32H,37-38H2,1-2H3. The van der Waals surface area contributed by atoms with Crippen molar-refractivity contribution in [2.24, 2.45) is 11.5 Å². The summed E-state index contributed by atoms with van der Waals surface area (Å²) >= 11 is 0. The molecule has 42 heavy (non-hydrogen) atoms. The van der Waals surface area contributed by atoms with Crippen LogP contribution in [-0.2, 0) is 0 Å². The van der Waals surface area contributed by atoms with Gasteiger partial charge in [0, 0.05) is 33.2 Å². The molecule has 6 nitrogen and oxygen atoms in total. The molecule has 0 saturated heterocycles. The number of hydrogen-bond donors (Lipinski definition) is 2. The zero-order chi connectivity index (χ0) is 28.8. The molecule has 2 unspecified atom stereocenters. The summed E-state index contributed by atoms with van der Waals surface area (Å²) in [5, 5.41) is 1.00. The van der Waals surface area contributed by atoms with E-state index in [1.807, 2.05) is 60.7 Å². The van der Waals surface area contributed by atoms with Crippen molar-refractivity contribution in [2.75, 3.05) is 0 Å². The summed E-state index contributed by atoms with van der Waals surface area (Å²) in [6.07, 6.45) is 2.08. The van der Waals surface area contributed by atoms with Crippen molar-refractivity contribution < 1.29 is 0 Å². The van der Waals surface area contributed by atoms with Crippen LogP contribution in [0.3, 0.4) is 0 Å². The van der Waals surface area contributed by atoms with Gasteiger partial charge in [-0.25, -0.2) is 19.9 Å². The van der Waals surface area contributed by atoms with Crippen molar-refractivity contribution in [3.8, 4) is 34.0 Å². The highest BCUT2D eigenvalue weighted by Crippen LogP contribution is 2.42. The summed E-state index contributed by atoms with van der Waals surface area (Å²) in [4.78, 5) is 19.9. The van der Waals surface area contributed by atoms with Gasteiger partial charge in [-0.2, -0.15) is 0 Å². The average Bonchev–Trinajstić information content (AvgIpc) is 3.03. The SMILES string of the molecule is Cc1ccc(-c2nc(C3=Cc4c(-c5ccccc5)nc5ccccc5c4C(N)C3N)nc(-c3ccc(C)cc3)n2)cc1. The molecular weight excluding hydrogens is 516 g/mol. The Morgan fingerprint density at radius 3 is 1.69 bits per heavy atom. The van der Waals surface area contributed by atoms with Crippen molar-refractivity contribution in [2.45, 2.75) is 25.9 Å². The second kappa shape index (κ2) is 10.4. The van der Waals surface area contributed by atoms with Crippen LogP contribution in [0.25, 0.3) is 56.6 Å². The van der Waals surface area contributed by atoms with E-state index in [9.17, 15) is 0 Å². The third kappa shape index (κ3) is 4.57. The number of para-hydroxylation sites is 1. The molecule has 0 aliphatic heterocycles. The van der Waals surface area contributed by atoms with Gasteiger partial charge in [0.05, 0.1) is 23.3 Å². The first-order chi connectivity index (χ1) is 20.5. The molecule has 1 aliphatic carbocycles. The monoisotopic (exact) mass is 546 g/mol. The van der Waals surface area contributed by atoms with E-state index in [1.54, 1.807) is 0 Å². The Morgan fingerprint density at radius 2 is 1.07 bits per heavy atom. The Balaban J connectivity index is 1.49. The third-order valence-electron chi connectivity index (χ3n) is 7.91. The predicted molar refractivity (Wildman–Crippen MR) is 170 cm³/mol. The lowest BCUT2D eigenvalue weighted by Crippen LogP contribution is -2.38. The Labute approximate surface area is 244 Å². The van der Waals surface area contributed by atoms with Gasteiger partial charge in [0.15, 0.2) is 17.5 Å². The minimum absolute atomic E-state index is 0.488. The highest BCUT2D eigenvalue weighted by molar-refractivity contribution is 5.98. The maximum atomic E-state index is 7.00. The first-order valence-corrected chi connectivity index (χ1v) is 14.1. The zero-order valence-electron chi connectivity index (χ0n) is 23.5. The van der Waals surface area contributed by atoms with Crippen molar-refractivity contribution >= 4 is 22.6 Å². The van der Waals surface area contributed by atoms with Crippen LogP contribution in [0.15, 0.2) is 103 Å². The molecule has 0 saturated carbocycles. The Morgan fingerprint density at radius 1 is 0.524 bits per heavy atom. The number of aromatic nitrogens is 4. The van der Waals surface area contributed by atoms with E-state index in [0.29, 0.717) is 17.5 Å². The summed E-state index contributed by atoms with van der Waals surface area (Å²) < 4.78 is 0. The molecule has 4 N–H and O–H groups in total. The number of rotatable bonds is 4. The molecule has 0 radical (unpaired) electrons. The van der Waals surface area contributed by atoms with Gasteiger partial charge in [-0.15, -0.1) is 0 Å². The van der Waals surface area contributed by atoms with Crippen LogP contribution in [0, 0.1) is 13.8 Å². The number of pyridine rings is 1. The van der Waals surface area contributed by atoms with Crippen LogP contribution in [0.4, 0.5) is 0 Å². The fraction of sp³-hybridized carbons (Fsp3) is 0.111. The minimum atomic E-state index is -0.536. The van der Waals surface area contributed by atoms with E-state index >= 15 is 0 Å². The maximum Gasteiger partial charge on any atom is 0.164 e. The lowest BCUT2D eigenvalue weighted by Gasteiger charge is -2.31. The highest BCUT2D eigenvalue weighted by Gasteiger charge is 2.33. The number of fused-ring (bicyclic) bond motifs is 3. The zero-order valence-corrected chi connectivity index (χ0v) is 23.5. The normalized spacial score (nSPS) is 16.2. The molecule has 6 aromatic rings. The van der Waals surface area contributed by atoms with E-state index in [-0.39, 0.29) is 0 Å². The van der Waals surface area contributed by atoms with E-state index in [4.69, 9.17) is 31.4 Å². The molecule has 2 aromatic heterocycles. The van der Waals surface area contributed by atoms with E-state index in [1.165, 1.54) is 11.1 Å². The third-order valence-corrected chi connectivity index (χ3v) is 7.91. The largest absolute Gasteiger partial charge is 0.322 e. The van der Waals surface area contributed by atoms with E-state index in [2.05, 4.69) is 62.4 Å². The summed E-state index contributed by atoms with van der Waals surface area (Å²) in [6, 6.07) is 33.6. The number of hydrogen-bond acceptors (Lipinski definition) is 6. The van der Waals surface area contributed by atoms with Crippen molar-refractivity contribution in [1.29, 1.82) is 0 Å². The number of aryl methyl sites for hydroxylation is 2. The highest BCUT2D eigenvalue weighted by atomic mass is 15.0. The minimum Gasteiger partial charge on any atom is -0.322 e. The Bertz CT molecular complexity index is 1900. The molecule has 7 rings (SSSR count). The first kappa shape index (κ1) is 25.9. The van der Waals surface area contributed by atoms with Crippen LogP contribution in [0.2, 0.25) is 0 Å². The summed E-state index contributed by atoms with van der Waals surface area (Å²) in [5.74, 6) is 1.68. The van der Waals surface area contributed by atoms with Crippen LogP contribution >= 0.6 is 0 Å². The van der Waals surface area contributed by atoms with Crippen molar-refractivity contribution in [1.82, 2.24) is 19.9 Å². The van der Waals surface area contributed by atoms with Gasteiger partial charge in [-0.3, -0.25) is 0 Å². The topological polar surface area (TPSA) is 104 Å². The molecule has 2 heterocycles. The fourth-order valence-electron chi connectivity index (χ4n) is 5.58. The molecule has 2 atom stereocenters. The molecule has 4 aromatic carbocycles. The first-order valence-electron chi connectivity index (χ1n) is 14.1.